The Morgan fingerprint density at radius 2 is 1.60 bits per heavy atom. The molecule has 0 spiro atoms. The quantitative estimate of drug-likeness (QED) is 0.600. The number of nitrogens with zero attached hydrogens (tertiary/aromatic N) is 4. The van der Waals surface area contributed by atoms with Gasteiger partial charge in [0.05, 0.1) is 17.9 Å². The maximum Gasteiger partial charge on any atom is 0.0696 e. The molecule has 1 aliphatic heterocycles. The topological polar surface area (TPSA) is 35.1 Å². The summed E-state index contributed by atoms with van der Waals surface area (Å²) in [5.41, 5.74) is 5.45. The molecule has 4 heterocycles. The van der Waals surface area contributed by atoms with Gasteiger partial charge in [-0.15, -0.1) is 0 Å². The van der Waals surface area contributed by atoms with Crippen molar-refractivity contribution in [2.24, 2.45) is 0 Å². The standard InChI is InChI=1S/C10H12N2.C9H14N2.2CH4/c1-8(2)9-7-11-12-6-4-3-5-10(9)12;1-7(2)8-6-10-11-5-3-4-9(8)11;;/h3-8H,1-2H3;6-7H,3-5H2,1-2H3;2*1H4. The number of hydrogen-bond acceptors (Lipinski definition) is 2. The smallest absolute Gasteiger partial charge is 0.0696 e. The second-order valence-electron chi connectivity index (χ2n) is 6.81. The zero-order valence-corrected chi connectivity index (χ0v) is 14.5. The van der Waals surface area contributed by atoms with Crippen molar-refractivity contribution in [1.82, 2.24) is 19.4 Å². The first kappa shape index (κ1) is 20.9. The molecule has 0 bridgehead atoms. The van der Waals surface area contributed by atoms with Crippen LogP contribution in [-0.4, -0.2) is 19.4 Å². The van der Waals surface area contributed by atoms with Crippen molar-refractivity contribution in [3.8, 4) is 0 Å². The van der Waals surface area contributed by atoms with E-state index >= 15 is 0 Å². The fraction of sp³-hybridized carbons (Fsp3) is 0.524. The molecule has 138 valence electrons. The van der Waals surface area contributed by atoms with Gasteiger partial charge in [0.15, 0.2) is 0 Å². The van der Waals surface area contributed by atoms with Gasteiger partial charge in [0, 0.05) is 24.0 Å². The Morgan fingerprint density at radius 1 is 0.920 bits per heavy atom. The summed E-state index contributed by atoms with van der Waals surface area (Å²) in [5.74, 6) is 1.18. The lowest BCUT2D eigenvalue weighted by Crippen LogP contribution is -1.95. The Labute approximate surface area is 152 Å². The first-order chi connectivity index (χ1) is 11.1. The molecule has 0 radical (unpaired) electrons. The van der Waals surface area contributed by atoms with Crippen molar-refractivity contribution in [3.63, 3.8) is 0 Å². The lowest BCUT2D eigenvalue weighted by molar-refractivity contribution is 0.656. The van der Waals surface area contributed by atoms with E-state index < -0.39 is 0 Å². The molecule has 0 saturated heterocycles. The number of aromatic nitrogens is 4. The number of rotatable bonds is 2. The molecule has 3 aromatic heterocycles. The lowest BCUT2D eigenvalue weighted by atomic mass is 10.0. The zero-order valence-electron chi connectivity index (χ0n) is 14.5. The Kier molecular flexibility index (Phi) is 7.40. The summed E-state index contributed by atoms with van der Waals surface area (Å²) < 4.78 is 4.06. The molecule has 0 N–H and O–H groups in total. The van der Waals surface area contributed by atoms with Crippen LogP contribution < -0.4 is 0 Å². The summed E-state index contributed by atoms with van der Waals surface area (Å²) in [5, 5.41) is 8.59. The van der Waals surface area contributed by atoms with Crippen LogP contribution in [0.15, 0.2) is 36.8 Å². The predicted molar refractivity (Wildman–Crippen MR) is 107 cm³/mol. The Morgan fingerprint density at radius 3 is 2.28 bits per heavy atom. The van der Waals surface area contributed by atoms with E-state index in [-0.39, 0.29) is 14.9 Å². The summed E-state index contributed by atoms with van der Waals surface area (Å²) in [6, 6.07) is 6.13. The third kappa shape index (κ3) is 4.30. The predicted octanol–water partition coefficient (Wildman–Crippen LogP) is 5.68. The third-order valence-electron chi connectivity index (χ3n) is 4.46. The van der Waals surface area contributed by atoms with Crippen LogP contribution in [0.1, 0.15) is 77.6 Å². The molecule has 0 unspecified atom stereocenters. The van der Waals surface area contributed by atoms with Gasteiger partial charge in [0.1, 0.15) is 0 Å². The summed E-state index contributed by atoms with van der Waals surface area (Å²) in [7, 11) is 0. The summed E-state index contributed by atoms with van der Waals surface area (Å²) in [4.78, 5) is 0. The number of hydrogen-bond donors (Lipinski definition) is 0. The molecule has 0 saturated carbocycles. The van der Waals surface area contributed by atoms with Gasteiger partial charge >= 0.3 is 0 Å². The average Bonchev–Trinajstić information content (AvgIpc) is 3.22. The molecule has 0 aliphatic carbocycles. The number of pyridine rings is 1. The second kappa shape index (κ2) is 8.84. The van der Waals surface area contributed by atoms with Crippen molar-refractivity contribution in [2.75, 3.05) is 0 Å². The van der Waals surface area contributed by atoms with Crippen molar-refractivity contribution < 1.29 is 0 Å². The second-order valence-corrected chi connectivity index (χ2v) is 6.81. The molecule has 1 aliphatic rings. The van der Waals surface area contributed by atoms with Crippen LogP contribution >= 0.6 is 0 Å². The van der Waals surface area contributed by atoms with Gasteiger partial charge in [-0.3, -0.25) is 4.68 Å². The van der Waals surface area contributed by atoms with Crippen LogP contribution in [0.2, 0.25) is 0 Å². The number of aryl methyl sites for hydroxylation is 1. The molecular formula is C21H34N4. The molecule has 4 nitrogen and oxygen atoms in total. The van der Waals surface area contributed by atoms with Crippen LogP contribution in [0, 0.1) is 0 Å². The van der Waals surface area contributed by atoms with E-state index in [4.69, 9.17) is 0 Å². The monoisotopic (exact) mass is 342 g/mol. The Balaban J connectivity index is 0.000000232. The highest BCUT2D eigenvalue weighted by atomic mass is 15.3. The van der Waals surface area contributed by atoms with E-state index in [0.717, 1.165) is 6.54 Å². The Bertz CT molecular complexity index is 780. The van der Waals surface area contributed by atoms with E-state index in [1.54, 1.807) is 0 Å². The van der Waals surface area contributed by atoms with Gasteiger partial charge in [-0.1, -0.05) is 48.6 Å². The van der Waals surface area contributed by atoms with Crippen LogP contribution in [-0.2, 0) is 13.0 Å². The minimum absolute atomic E-state index is 0. The summed E-state index contributed by atoms with van der Waals surface area (Å²) in [6.45, 7) is 9.96. The summed E-state index contributed by atoms with van der Waals surface area (Å²) >= 11 is 0. The van der Waals surface area contributed by atoms with E-state index in [1.807, 2.05) is 35.2 Å². The zero-order chi connectivity index (χ0) is 16.4. The fourth-order valence-corrected chi connectivity index (χ4v) is 3.17. The Hall–Kier alpha value is -2.10. The largest absolute Gasteiger partial charge is 0.269 e. The third-order valence-corrected chi connectivity index (χ3v) is 4.46. The van der Waals surface area contributed by atoms with Gasteiger partial charge in [-0.2, -0.15) is 10.2 Å². The molecule has 0 atom stereocenters. The lowest BCUT2D eigenvalue weighted by Gasteiger charge is -2.02. The minimum Gasteiger partial charge on any atom is -0.269 e. The summed E-state index contributed by atoms with van der Waals surface area (Å²) in [6.07, 6.45) is 8.46. The van der Waals surface area contributed by atoms with Gasteiger partial charge in [-0.05, 0) is 42.4 Å². The van der Waals surface area contributed by atoms with E-state index in [1.165, 1.54) is 35.2 Å². The highest BCUT2D eigenvalue weighted by Gasteiger charge is 2.17. The van der Waals surface area contributed by atoms with Crippen LogP contribution in [0.25, 0.3) is 5.52 Å². The van der Waals surface area contributed by atoms with E-state index in [2.05, 4.69) is 48.6 Å². The normalized spacial score (nSPS) is 12.4. The van der Waals surface area contributed by atoms with Crippen LogP contribution in [0.4, 0.5) is 0 Å². The van der Waals surface area contributed by atoms with Gasteiger partial charge in [-0.25, -0.2) is 4.52 Å². The first-order valence-corrected chi connectivity index (χ1v) is 8.54. The molecule has 0 amide bonds. The van der Waals surface area contributed by atoms with Crippen LogP contribution in [0.5, 0.6) is 0 Å². The molecular weight excluding hydrogens is 308 g/mol. The van der Waals surface area contributed by atoms with Crippen molar-refractivity contribution in [1.29, 1.82) is 0 Å². The van der Waals surface area contributed by atoms with Crippen LogP contribution in [0.3, 0.4) is 0 Å². The minimum atomic E-state index is 0. The number of fused-ring (bicyclic) bond motifs is 2. The van der Waals surface area contributed by atoms with Gasteiger partial charge in [0.25, 0.3) is 0 Å². The molecule has 4 heteroatoms. The maximum atomic E-state index is 4.33. The molecule has 0 fully saturated rings. The average molecular weight is 343 g/mol. The molecule has 25 heavy (non-hydrogen) atoms. The van der Waals surface area contributed by atoms with Crippen molar-refractivity contribution >= 4 is 5.52 Å². The van der Waals surface area contributed by atoms with E-state index in [9.17, 15) is 0 Å². The van der Waals surface area contributed by atoms with Gasteiger partial charge in [0.2, 0.25) is 0 Å². The van der Waals surface area contributed by atoms with Gasteiger partial charge < -0.3 is 0 Å². The fourth-order valence-electron chi connectivity index (χ4n) is 3.17. The van der Waals surface area contributed by atoms with Crippen molar-refractivity contribution in [3.05, 3.63) is 53.6 Å². The molecule has 0 aromatic carbocycles. The molecule has 3 aromatic rings. The highest BCUT2D eigenvalue weighted by Crippen LogP contribution is 2.24. The van der Waals surface area contributed by atoms with E-state index in [0.29, 0.717) is 11.8 Å². The first-order valence-electron chi connectivity index (χ1n) is 8.54. The van der Waals surface area contributed by atoms with Crippen molar-refractivity contribution in [2.45, 2.75) is 73.8 Å². The highest BCUT2D eigenvalue weighted by molar-refractivity contribution is 5.54. The molecule has 4 rings (SSSR count). The SMILES string of the molecule is C.C.CC(C)c1cnn2c1CCC2.CC(C)c1cnn2ccccc12. The maximum absolute atomic E-state index is 4.33.